The van der Waals surface area contributed by atoms with Gasteiger partial charge in [0.1, 0.15) is 5.82 Å². The van der Waals surface area contributed by atoms with E-state index < -0.39 is 0 Å². The third-order valence-corrected chi connectivity index (χ3v) is 4.53. The summed E-state index contributed by atoms with van der Waals surface area (Å²) >= 11 is 0. The van der Waals surface area contributed by atoms with Crippen LogP contribution in [0.2, 0.25) is 0 Å². The van der Waals surface area contributed by atoms with Crippen molar-refractivity contribution < 1.29 is 4.79 Å². The van der Waals surface area contributed by atoms with Crippen LogP contribution in [-0.4, -0.2) is 32.3 Å². The topological polar surface area (TPSA) is 79.0 Å². The monoisotopic (exact) mass is 358 g/mol. The Morgan fingerprint density at radius 3 is 2.74 bits per heavy atom. The van der Waals surface area contributed by atoms with Crippen LogP contribution >= 0.6 is 0 Å². The SMILES string of the molecule is CCN(Cc1nc2ccccc2c(=O)[nH]1)C(=O)c1cccc2cccnc12. The fraction of sp³-hybridized carbons (Fsp3) is 0.143. The number of pyridine rings is 1. The molecule has 0 spiro atoms. The Hall–Kier alpha value is -3.54. The molecule has 0 radical (unpaired) electrons. The van der Waals surface area contributed by atoms with E-state index in [0.717, 1.165) is 5.39 Å². The second-order valence-electron chi connectivity index (χ2n) is 6.23. The average molecular weight is 358 g/mol. The van der Waals surface area contributed by atoms with Gasteiger partial charge in [-0.25, -0.2) is 4.98 Å². The second kappa shape index (κ2) is 6.99. The normalized spacial score (nSPS) is 11.0. The van der Waals surface area contributed by atoms with E-state index in [4.69, 9.17) is 0 Å². The van der Waals surface area contributed by atoms with E-state index in [0.29, 0.717) is 34.4 Å². The summed E-state index contributed by atoms with van der Waals surface area (Å²) in [5.41, 5.74) is 1.62. The number of aromatic amines is 1. The van der Waals surface area contributed by atoms with Gasteiger partial charge in [-0.2, -0.15) is 0 Å². The van der Waals surface area contributed by atoms with Crippen LogP contribution in [0, 0.1) is 0 Å². The van der Waals surface area contributed by atoms with Crippen molar-refractivity contribution in [2.75, 3.05) is 6.54 Å². The van der Waals surface area contributed by atoms with Gasteiger partial charge < -0.3 is 9.88 Å². The maximum atomic E-state index is 13.1. The molecule has 0 saturated heterocycles. The number of rotatable bonds is 4. The third kappa shape index (κ3) is 3.17. The molecular weight excluding hydrogens is 340 g/mol. The van der Waals surface area contributed by atoms with Crippen molar-refractivity contribution in [2.45, 2.75) is 13.5 Å². The molecule has 6 nitrogen and oxygen atoms in total. The highest BCUT2D eigenvalue weighted by molar-refractivity contribution is 6.05. The first kappa shape index (κ1) is 16.9. The number of aromatic nitrogens is 3. The minimum Gasteiger partial charge on any atom is -0.331 e. The maximum absolute atomic E-state index is 13.1. The molecule has 0 bridgehead atoms. The van der Waals surface area contributed by atoms with E-state index >= 15 is 0 Å². The summed E-state index contributed by atoms with van der Waals surface area (Å²) in [7, 11) is 0. The zero-order chi connectivity index (χ0) is 18.8. The van der Waals surface area contributed by atoms with Gasteiger partial charge in [-0.1, -0.05) is 30.3 Å². The molecule has 4 aromatic rings. The molecule has 0 aliphatic heterocycles. The molecule has 27 heavy (non-hydrogen) atoms. The molecule has 0 fully saturated rings. The Morgan fingerprint density at radius 1 is 1.07 bits per heavy atom. The van der Waals surface area contributed by atoms with Gasteiger partial charge in [0.2, 0.25) is 0 Å². The number of amides is 1. The fourth-order valence-corrected chi connectivity index (χ4v) is 3.16. The van der Waals surface area contributed by atoms with Gasteiger partial charge in [-0.05, 0) is 31.2 Å². The largest absolute Gasteiger partial charge is 0.331 e. The molecule has 134 valence electrons. The van der Waals surface area contributed by atoms with Crippen LogP contribution < -0.4 is 5.56 Å². The molecule has 0 aliphatic rings. The van der Waals surface area contributed by atoms with Gasteiger partial charge in [-0.3, -0.25) is 14.6 Å². The molecule has 1 N–H and O–H groups in total. The molecule has 4 rings (SSSR count). The summed E-state index contributed by atoms with van der Waals surface area (Å²) in [5.74, 6) is 0.319. The molecule has 0 saturated carbocycles. The Kier molecular flexibility index (Phi) is 4.38. The molecule has 2 aromatic carbocycles. The fourth-order valence-electron chi connectivity index (χ4n) is 3.16. The van der Waals surface area contributed by atoms with E-state index in [-0.39, 0.29) is 18.0 Å². The van der Waals surface area contributed by atoms with Gasteiger partial charge in [0.25, 0.3) is 11.5 Å². The highest BCUT2D eigenvalue weighted by Crippen LogP contribution is 2.18. The van der Waals surface area contributed by atoms with E-state index in [2.05, 4.69) is 15.0 Å². The van der Waals surface area contributed by atoms with Crippen molar-refractivity contribution >= 4 is 27.7 Å². The summed E-state index contributed by atoms with van der Waals surface area (Å²) in [6.45, 7) is 2.60. The lowest BCUT2D eigenvalue weighted by Gasteiger charge is -2.21. The van der Waals surface area contributed by atoms with Crippen LogP contribution in [0.15, 0.2) is 65.6 Å². The molecule has 6 heteroatoms. The van der Waals surface area contributed by atoms with Crippen LogP contribution in [0.4, 0.5) is 0 Å². The number of nitrogens with zero attached hydrogens (tertiary/aromatic N) is 3. The molecular formula is C21H18N4O2. The average Bonchev–Trinajstić information content (AvgIpc) is 2.71. The lowest BCUT2D eigenvalue weighted by molar-refractivity contribution is 0.0750. The van der Waals surface area contributed by atoms with E-state index in [1.165, 1.54) is 0 Å². The van der Waals surface area contributed by atoms with Gasteiger partial charge in [0, 0.05) is 18.1 Å². The van der Waals surface area contributed by atoms with Crippen LogP contribution in [0.1, 0.15) is 23.1 Å². The molecule has 2 heterocycles. The highest BCUT2D eigenvalue weighted by atomic mass is 16.2. The van der Waals surface area contributed by atoms with Gasteiger partial charge in [0.05, 0.1) is 28.5 Å². The summed E-state index contributed by atoms with van der Waals surface area (Å²) < 4.78 is 0. The summed E-state index contributed by atoms with van der Waals surface area (Å²) in [6.07, 6.45) is 1.68. The first-order valence-electron chi connectivity index (χ1n) is 8.78. The van der Waals surface area contributed by atoms with Gasteiger partial charge >= 0.3 is 0 Å². The second-order valence-corrected chi connectivity index (χ2v) is 6.23. The predicted octanol–water partition coefficient (Wildman–Crippen LogP) is 3.13. The lowest BCUT2D eigenvalue weighted by atomic mass is 10.1. The van der Waals surface area contributed by atoms with E-state index in [1.54, 1.807) is 35.4 Å². The van der Waals surface area contributed by atoms with Crippen LogP contribution in [0.3, 0.4) is 0 Å². The van der Waals surface area contributed by atoms with E-state index in [9.17, 15) is 9.59 Å². The third-order valence-electron chi connectivity index (χ3n) is 4.53. The number of carbonyl (C=O) groups excluding carboxylic acids is 1. The number of hydrogen-bond acceptors (Lipinski definition) is 4. The number of para-hydroxylation sites is 2. The molecule has 0 unspecified atom stereocenters. The zero-order valence-electron chi connectivity index (χ0n) is 14.8. The first-order chi connectivity index (χ1) is 13.2. The van der Waals surface area contributed by atoms with Crippen LogP contribution in [-0.2, 0) is 6.54 Å². The highest BCUT2D eigenvalue weighted by Gasteiger charge is 2.19. The van der Waals surface area contributed by atoms with Crippen molar-refractivity contribution in [1.29, 1.82) is 0 Å². The molecule has 0 atom stereocenters. The van der Waals surface area contributed by atoms with Crippen molar-refractivity contribution in [1.82, 2.24) is 19.9 Å². The number of benzene rings is 2. The van der Waals surface area contributed by atoms with Crippen molar-refractivity contribution in [3.8, 4) is 0 Å². The quantitative estimate of drug-likeness (QED) is 0.608. The van der Waals surface area contributed by atoms with Gasteiger partial charge in [0.15, 0.2) is 0 Å². The Morgan fingerprint density at radius 2 is 1.89 bits per heavy atom. The minimum absolute atomic E-state index is 0.141. The minimum atomic E-state index is -0.203. The Bertz CT molecular complexity index is 1190. The number of H-pyrrole nitrogens is 1. The number of hydrogen-bond donors (Lipinski definition) is 1. The Balaban J connectivity index is 1.70. The van der Waals surface area contributed by atoms with Crippen LogP contribution in [0.5, 0.6) is 0 Å². The molecule has 2 aromatic heterocycles. The van der Waals surface area contributed by atoms with Crippen molar-refractivity contribution in [3.63, 3.8) is 0 Å². The molecule has 0 aliphatic carbocycles. The summed E-state index contributed by atoms with van der Waals surface area (Å²) in [6, 6.07) is 16.5. The lowest BCUT2D eigenvalue weighted by Crippen LogP contribution is -2.32. The Labute approximate surface area is 155 Å². The standard InChI is InChI=1S/C21H18N4O2/c1-2-25(13-18-23-17-11-4-3-9-15(17)20(26)24-18)21(27)16-10-5-7-14-8-6-12-22-19(14)16/h3-12H,2,13H2,1H3,(H,23,24,26). The predicted molar refractivity (Wildman–Crippen MR) is 105 cm³/mol. The number of nitrogens with one attached hydrogen (secondary N) is 1. The summed E-state index contributed by atoms with van der Waals surface area (Å²) in [4.78, 5) is 38.7. The number of carbonyl (C=O) groups is 1. The van der Waals surface area contributed by atoms with E-state index in [1.807, 2.05) is 37.3 Å². The van der Waals surface area contributed by atoms with Crippen molar-refractivity contribution in [2.24, 2.45) is 0 Å². The maximum Gasteiger partial charge on any atom is 0.258 e. The zero-order valence-corrected chi connectivity index (χ0v) is 14.8. The van der Waals surface area contributed by atoms with Crippen molar-refractivity contribution in [3.05, 3.63) is 82.5 Å². The smallest absolute Gasteiger partial charge is 0.258 e. The first-order valence-corrected chi connectivity index (χ1v) is 8.78. The van der Waals surface area contributed by atoms with Crippen LogP contribution in [0.25, 0.3) is 21.8 Å². The molecule has 1 amide bonds. The van der Waals surface area contributed by atoms with Gasteiger partial charge in [-0.15, -0.1) is 0 Å². The number of fused-ring (bicyclic) bond motifs is 2. The summed E-state index contributed by atoms with van der Waals surface area (Å²) in [5, 5.41) is 1.45.